The first-order valence-corrected chi connectivity index (χ1v) is 17.8. The number of carbonyl (C=O) groups is 4. The highest BCUT2D eigenvalue weighted by Gasteiger charge is 2.34. The van der Waals surface area contributed by atoms with Crippen LogP contribution in [0.5, 0.6) is 0 Å². The van der Waals surface area contributed by atoms with Gasteiger partial charge in [0.25, 0.3) is 0 Å². The van der Waals surface area contributed by atoms with Crippen LogP contribution in [0.2, 0.25) is 5.02 Å². The van der Waals surface area contributed by atoms with E-state index in [1.165, 1.54) is 0 Å². The lowest BCUT2D eigenvalue weighted by Crippen LogP contribution is -2.54. The van der Waals surface area contributed by atoms with E-state index in [0.717, 1.165) is 11.1 Å². The molecule has 4 rings (SSSR count). The summed E-state index contributed by atoms with van der Waals surface area (Å²) in [5, 5.41) is 9.36. The molecule has 0 fully saturated rings. The molecule has 0 aliphatic carbocycles. The summed E-state index contributed by atoms with van der Waals surface area (Å²) in [6.45, 7) is 5.99. The normalized spacial score (nSPS) is 13.7. The van der Waals surface area contributed by atoms with Crippen LogP contribution in [0.4, 0.5) is 0 Å². The molecule has 0 aliphatic rings. The predicted molar refractivity (Wildman–Crippen MR) is 195 cm³/mol. The average Bonchev–Trinajstić information content (AvgIpc) is 3.53. The molecule has 0 unspecified atom stereocenters. The Morgan fingerprint density at radius 2 is 1.52 bits per heavy atom. The fourth-order valence-corrected chi connectivity index (χ4v) is 6.05. The number of halogens is 1. The predicted octanol–water partition coefficient (Wildman–Crippen LogP) is 6.06. The SMILES string of the molecule is CCC(=O)N[C@@H](Cc1nc2ccc(Cl)cc2o1)C(=O)N[C@H](C(=O)C[C@@H](CCCCN)C(=O)NC(c1ccccc1)c1ccccc1)[C@@H](C)CC. The third kappa shape index (κ3) is 10.7. The zero-order valence-corrected chi connectivity index (χ0v) is 29.7. The maximum absolute atomic E-state index is 14.1. The van der Waals surface area contributed by atoms with Crippen LogP contribution in [-0.4, -0.2) is 47.1 Å². The van der Waals surface area contributed by atoms with E-state index in [0.29, 0.717) is 48.4 Å². The number of rotatable bonds is 19. The van der Waals surface area contributed by atoms with Gasteiger partial charge in [0.05, 0.1) is 18.5 Å². The number of carbonyl (C=O) groups excluding carboxylic acids is 4. The molecule has 3 amide bonds. The molecule has 1 heterocycles. The van der Waals surface area contributed by atoms with Crippen molar-refractivity contribution in [2.75, 3.05) is 6.54 Å². The molecule has 5 N–H and O–H groups in total. The Balaban J connectivity index is 1.55. The van der Waals surface area contributed by atoms with Crippen LogP contribution >= 0.6 is 11.6 Å². The second-order valence-electron chi connectivity index (χ2n) is 12.7. The second-order valence-corrected chi connectivity index (χ2v) is 13.1. The number of nitrogens with two attached hydrogens (primary N) is 1. The Bertz CT molecular complexity index is 1670. The monoisotopic (exact) mass is 701 g/mol. The van der Waals surface area contributed by atoms with E-state index < -0.39 is 30.0 Å². The fourth-order valence-electron chi connectivity index (χ4n) is 5.88. The number of hydrogen-bond donors (Lipinski definition) is 4. The number of unbranched alkanes of at least 4 members (excludes halogenated alkanes) is 1. The Labute approximate surface area is 298 Å². The van der Waals surface area contributed by atoms with Crippen molar-refractivity contribution in [3.63, 3.8) is 0 Å². The molecule has 266 valence electrons. The lowest BCUT2D eigenvalue weighted by atomic mass is 9.87. The van der Waals surface area contributed by atoms with Crippen molar-refractivity contribution in [1.82, 2.24) is 20.9 Å². The van der Waals surface area contributed by atoms with Crippen LogP contribution in [0.3, 0.4) is 0 Å². The molecule has 3 aromatic carbocycles. The highest BCUT2D eigenvalue weighted by atomic mass is 35.5. The number of nitrogens with zero attached hydrogens (tertiary/aromatic N) is 1. The zero-order valence-electron chi connectivity index (χ0n) is 29.0. The molecule has 4 aromatic rings. The van der Waals surface area contributed by atoms with Crippen molar-refractivity contribution in [3.8, 4) is 0 Å². The molecule has 0 bridgehead atoms. The summed E-state index contributed by atoms with van der Waals surface area (Å²) < 4.78 is 5.84. The first-order valence-electron chi connectivity index (χ1n) is 17.4. The van der Waals surface area contributed by atoms with Crippen LogP contribution in [-0.2, 0) is 25.6 Å². The van der Waals surface area contributed by atoms with E-state index in [4.69, 9.17) is 21.8 Å². The fraction of sp³-hybridized carbons (Fsp3) is 0.410. The Kier molecular flexibility index (Phi) is 14.5. The van der Waals surface area contributed by atoms with Gasteiger partial charge in [-0.3, -0.25) is 19.2 Å². The van der Waals surface area contributed by atoms with E-state index in [-0.39, 0.29) is 48.7 Å². The molecule has 0 spiro atoms. The van der Waals surface area contributed by atoms with Gasteiger partial charge in [-0.2, -0.15) is 0 Å². The summed E-state index contributed by atoms with van der Waals surface area (Å²) in [7, 11) is 0. The van der Waals surface area contributed by atoms with Gasteiger partial charge in [-0.25, -0.2) is 4.98 Å². The highest BCUT2D eigenvalue weighted by Crippen LogP contribution is 2.25. The summed E-state index contributed by atoms with van der Waals surface area (Å²) in [5.41, 5.74) is 8.65. The first kappa shape index (κ1) is 38.3. The summed E-state index contributed by atoms with van der Waals surface area (Å²) in [6, 6.07) is 22.1. The molecule has 0 radical (unpaired) electrons. The lowest BCUT2D eigenvalue weighted by molar-refractivity contribution is -0.134. The van der Waals surface area contributed by atoms with Gasteiger partial charge in [0.15, 0.2) is 17.3 Å². The summed E-state index contributed by atoms with van der Waals surface area (Å²) in [6.07, 6.45) is 2.50. The van der Waals surface area contributed by atoms with Crippen molar-refractivity contribution in [1.29, 1.82) is 0 Å². The number of aromatic nitrogens is 1. The number of Topliss-reactive ketones (excluding diaryl/α,β-unsaturated/α-hetero) is 1. The lowest BCUT2D eigenvalue weighted by Gasteiger charge is -2.28. The van der Waals surface area contributed by atoms with Crippen LogP contribution in [0.1, 0.15) is 82.4 Å². The van der Waals surface area contributed by atoms with Crippen molar-refractivity contribution in [2.45, 2.75) is 83.8 Å². The molecule has 0 aliphatic heterocycles. The molecule has 0 saturated carbocycles. The van der Waals surface area contributed by atoms with Gasteiger partial charge in [0.2, 0.25) is 17.7 Å². The molecule has 11 heteroatoms. The minimum absolute atomic E-state index is 0.0320. The van der Waals surface area contributed by atoms with Gasteiger partial charge >= 0.3 is 0 Å². The average molecular weight is 702 g/mol. The smallest absolute Gasteiger partial charge is 0.243 e. The van der Waals surface area contributed by atoms with Gasteiger partial charge in [-0.1, -0.05) is 106 Å². The highest BCUT2D eigenvalue weighted by molar-refractivity contribution is 6.31. The zero-order chi connectivity index (χ0) is 36.0. The minimum Gasteiger partial charge on any atom is -0.441 e. The quantitative estimate of drug-likeness (QED) is 0.0866. The number of benzene rings is 3. The van der Waals surface area contributed by atoms with Crippen LogP contribution in [0.15, 0.2) is 83.3 Å². The number of hydrogen-bond acceptors (Lipinski definition) is 7. The molecular weight excluding hydrogens is 654 g/mol. The minimum atomic E-state index is -1.05. The van der Waals surface area contributed by atoms with E-state index >= 15 is 0 Å². The van der Waals surface area contributed by atoms with Gasteiger partial charge < -0.3 is 26.1 Å². The van der Waals surface area contributed by atoms with Crippen LogP contribution in [0.25, 0.3) is 11.1 Å². The van der Waals surface area contributed by atoms with Crippen LogP contribution in [0, 0.1) is 11.8 Å². The van der Waals surface area contributed by atoms with Gasteiger partial charge in [-0.05, 0) is 48.6 Å². The summed E-state index contributed by atoms with van der Waals surface area (Å²) >= 11 is 6.10. The van der Waals surface area contributed by atoms with Crippen molar-refractivity contribution in [2.24, 2.45) is 17.6 Å². The molecule has 0 saturated heterocycles. The van der Waals surface area contributed by atoms with E-state index in [2.05, 4.69) is 20.9 Å². The van der Waals surface area contributed by atoms with Crippen molar-refractivity contribution in [3.05, 3.63) is 101 Å². The molecule has 1 aromatic heterocycles. The molecule has 4 atom stereocenters. The summed E-state index contributed by atoms with van der Waals surface area (Å²) in [4.78, 5) is 58.9. The largest absolute Gasteiger partial charge is 0.441 e. The number of ketones is 1. The van der Waals surface area contributed by atoms with Gasteiger partial charge in [0, 0.05) is 29.8 Å². The standard InChI is InChI=1S/C39H48ClN5O5/c1-4-25(3)36(44-39(49)31(42-34(47)5-2)24-35-43-30-20-19-29(40)23-33(30)50-35)32(46)22-28(18-12-13-21-41)38(48)45-37(26-14-8-6-9-15-26)27-16-10-7-11-17-27/h6-11,14-17,19-20,23,25,28,31,36-37H,4-5,12-13,18,21-22,24,41H2,1-3H3,(H,42,47)(H,44,49)(H,45,48)/t25-,28+,31-,36-/m0/s1. The van der Waals surface area contributed by atoms with Crippen LogP contribution < -0.4 is 21.7 Å². The number of nitrogens with one attached hydrogen (secondary N) is 3. The molecule has 10 nitrogen and oxygen atoms in total. The Morgan fingerprint density at radius 3 is 2.12 bits per heavy atom. The molecule has 50 heavy (non-hydrogen) atoms. The summed E-state index contributed by atoms with van der Waals surface area (Å²) in [5.74, 6) is -2.01. The molecular formula is C39H48ClN5O5. The first-order chi connectivity index (χ1) is 24.1. The topological polar surface area (TPSA) is 156 Å². The van der Waals surface area contributed by atoms with Gasteiger partial charge in [-0.15, -0.1) is 0 Å². The van der Waals surface area contributed by atoms with Crippen molar-refractivity contribution < 1.29 is 23.6 Å². The number of amides is 3. The second kappa shape index (κ2) is 19.0. The third-order valence-electron chi connectivity index (χ3n) is 8.98. The Morgan fingerprint density at radius 1 is 0.860 bits per heavy atom. The maximum atomic E-state index is 14.1. The van der Waals surface area contributed by atoms with E-state index in [1.54, 1.807) is 25.1 Å². The van der Waals surface area contributed by atoms with Crippen molar-refractivity contribution >= 4 is 46.2 Å². The Hall–Kier alpha value is -4.54. The third-order valence-corrected chi connectivity index (χ3v) is 9.22. The van der Waals surface area contributed by atoms with E-state index in [9.17, 15) is 19.2 Å². The van der Waals surface area contributed by atoms with E-state index in [1.807, 2.05) is 74.5 Å². The number of fused-ring (bicyclic) bond motifs is 1. The number of oxazole rings is 1. The van der Waals surface area contributed by atoms with Gasteiger partial charge in [0.1, 0.15) is 11.6 Å². The maximum Gasteiger partial charge on any atom is 0.243 e.